The minimum atomic E-state index is -0.711. The van der Waals surface area contributed by atoms with E-state index in [1.54, 1.807) is 0 Å². The van der Waals surface area contributed by atoms with Crippen LogP contribution in [0.2, 0.25) is 0 Å². The van der Waals surface area contributed by atoms with Gasteiger partial charge in [-0.25, -0.2) is 0 Å². The molecule has 146 valence electrons. The molecule has 0 rings (SSSR count). The van der Waals surface area contributed by atoms with Crippen LogP contribution in [0.4, 0.5) is 0 Å². The molecule has 0 aromatic heterocycles. The maximum Gasteiger partial charge on any atom is 0.303 e. The van der Waals surface area contributed by atoms with E-state index < -0.39 is 17.9 Å². The zero-order valence-electron chi connectivity index (χ0n) is 15.0. The molecule has 0 aromatic carbocycles. The average Bonchev–Trinajstić information content (AvgIpc) is 2.46. The zero-order valence-corrected chi connectivity index (χ0v) is 15.0. The molecule has 0 unspecified atom stereocenters. The van der Waals surface area contributed by atoms with Crippen LogP contribution in [0.3, 0.4) is 0 Å². The molecule has 0 amide bonds. The second kappa shape index (κ2) is 29.4. The number of hydrogen-bond donors (Lipinski definition) is 5. The minimum Gasteiger partial charge on any atom is -0.481 e. The number of aliphatic hydroxyl groups is 2. The first-order valence-corrected chi connectivity index (χ1v) is 8.10. The molecule has 8 heteroatoms. The number of hydrogen-bond acceptors (Lipinski definition) is 5. The third-order valence-corrected chi connectivity index (χ3v) is 1.96. The van der Waals surface area contributed by atoms with Crippen molar-refractivity contribution in [2.75, 3.05) is 13.2 Å². The normalized spacial score (nSPS) is 8.38. The van der Waals surface area contributed by atoms with Crippen molar-refractivity contribution in [3.8, 4) is 0 Å². The Morgan fingerprint density at radius 1 is 0.583 bits per heavy atom. The van der Waals surface area contributed by atoms with Gasteiger partial charge in [0.1, 0.15) is 0 Å². The molecular formula is C16H34O8. The van der Waals surface area contributed by atoms with Crippen LogP contribution in [0.1, 0.15) is 72.1 Å². The van der Waals surface area contributed by atoms with E-state index in [1.165, 1.54) is 0 Å². The topological polar surface area (TPSA) is 152 Å². The fraction of sp³-hybridized carbons (Fsp3) is 0.812. The van der Waals surface area contributed by atoms with Gasteiger partial charge in [0.25, 0.3) is 0 Å². The second-order valence-corrected chi connectivity index (χ2v) is 4.59. The van der Waals surface area contributed by atoms with Crippen molar-refractivity contribution in [1.29, 1.82) is 0 Å². The van der Waals surface area contributed by atoms with Crippen molar-refractivity contribution in [2.45, 2.75) is 72.1 Å². The molecule has 0 heterocycles. The lowest BCUT2D eigenvalue weighted by Gasteiger charge is -1.85. The Bertz CT molecular complexity index is 237. The number of aliphatic carboxylic acids is 3. The van der Waals surface area contributed by atoms with Gasteiger partial charge in [0, 0.05) is 32.5 Å². The van der Waals surface area contributed by atoms with E-state index in [2.05, 4.69) is 0 Å². The Morgan fingerprint density at radius 2 is 0.792 bits per heavy atom. The molecule has 0 saturated heterocycles. The highest BCUT2D eigenvalue weighted by molar-refractivity contribution is 5.67. The van der Waals surface area contributed by atoms with Crippen molar-refractivity contribution in [3.05, 3.63) is 0 Å². The summed E-state index contributed by atoms with van der Waals surface area (Å²) < 4.78 is 0. The van der Waals surface area contributed by atoms with E-state index in [0.717, 1.165) is 32.1 Å². The van der Waals surface area contributed by atoms with Gasteiger partial charge in [0.05, 0.1) is 0 Å². The Hall–Kier alpha value is -1.67. The van der Waals surface area contributed by atoms with Gasteiger partial charge in [-0.3, -0.25) is 14.4 Å². The van der Waals surface area contributed by atoms with Crippen LogP contribution < -0.4 is 0 Å². The maximum absolute atomic E-state index is 9.60. The summed E-state index contributed by atoms with van der Waals surface area (Å²) in [5, 5.41) is 39.9. The van der Waals surface area contributed by atoms with Gasteiger partial charge in [-0.15, -0.1) is 0 Å². The number of carbonyl (C=O) groups is 3. The Morgan fingerprint density at radius 3 is 0.833 bits per heavy atom. The molecule has 0 aliphatic carbocycles. The number of rotatable bonds is 9. The molecule has 0 radical (unpaired) electrons. The highest BCUT2D eigenvalue weighted by Gasteiger charge is 1.88. The van der Waals surface area contributed by atoms with Gasteiger partial charge < -0.3 is 25.5 Å². The third-order valence-electron chi connectivity index (χ3n) is 1.96. The molecule has 0 atom stereocenters. The monoisotopic (exact) mass is 354 g/mol. The predicted molar refractivity (Wildman–Crippen MR) is 91.0 cm³/mol. The highest BCUT2D eigenvalue weighted by Crippen LogP contribution is 1.83. The van der Waals surface area contributed by atoms with Crippen LogP contribution in [0.15, 0.2) is 0 Å². The quantitative estimate of drug-likeness (QED) is 0.396. The fourth-order valence-corrected chi connectivity index (χ4v) is 0.865. The van der Waals surface area contributed by atoms with E-state index in [4.69, 9.17) is 25.5 Å². The molecule has 0 aliphatic rings. The van der Waals surface area contributed by atoms with Gasteiger partial charge in [0.2, 0.25) is 0 Å². The second-order valence-electron chi connectivity index (χ2n) is 4.59. The lowest BCUT2D eigenvalue weighted by molar-refractivity contribution is -0.138. The van der Waals surface area contributed by atoms with Gasteiger partial charge in [-0.2, -0.15) is 0 Å². The largest absolute Gasteiger partial charge is 0.481 e. The van der Waals surface area contributed by atoms with Gasteiger partial charge in [-0.05, 0) is 32.1 Å². The smallest absolute Gasteiger partial charge is 0.303 e. The van der Waals surface area contributed by atoms with Gasteiger partial charge in [0.15, 0.2) is 0 Å². The van der Waals surface area contributed by atoms with Crippen LogP contribution in [-0.2, 0) is 14.4 Å². The number of unbranched alkanes of at least 4 members (excludes halogenated alkanes) is 1. The van der Waals surface area contributed by atoms with E-state index in [0.29, 0.717) is 19.3 Å². The summed E-state index contributed by atoms with van der Waals surface area (Å²) in [6.45, 7) is 5.91. The number of carboxylic acids is 3. The molecule has 0 saturated carbocycles. The van der Waals surface area contributed by atoms with Crippen LogP contribution in [-0.4, -0.2) is 56.7 Å². The first kappa shape index (κ1) is 30.2. The molecule has 5 N–H and O–H groups in total. The Labute approximate surface area is 144 Å². The first-order valence-electron chi connectivity index (χ1n) is 8.10. The van der Waals surface area contributed by atoms with E-state index >= 15 is 0 Å². The van der Waals surface area contributed by atoms with Crippen LogP contribution >= 0.6 is 0 Å². The molecule has 0 spiro atoms. The van der Waals surface area contributed by atoms with Crippen molar-refractivity contribution in [3.63, 3.8) is 0 Å². The number of aliphatic hydroxyl groups excluding tert-OH is 2. The third kappa shape index (κ3) is 71.2. The summed E-state index contributed by atoms with van der Waals surface area (Å²) in [6.07, 6.45) is 4.51. The molecule has 0 aromatic rings. The summed E-state index contributed by atoms with van der Waals surface area (Å²) >= 11 is 0. The van der Waals surface area contributed by atoms with Crippen LogP contribution in [0, 0.1) is 0 Å². The SMILES string of the molecule is CCCC(=O)O.CCCC(=O)O.CCCC(=O)O.OCCCCO. The summed E-state index contributed by atoms with van der Waals surface area (Å²) in [6, 6.07) is 0. The van der Waals surface area contributed by atoms with Crippen molar-refractivity contribution in [2.24, 2.45) is 0 Å². The highest BCUT2D eigenvalue weighted by atomic mass is 16.4. The summed E-state index contributed by atoms with van der Waals surface area (Å²) in [4.78, 5) is 28.8. The van der Waals surface area contributed by atoms with Crippen molar-refractivity contribution in [1.82, 2.24) is 0 Å². The fourth-order valence-electron chi connectivity index (χ4n) is 0.865. The van der Waals surface area contributed by atoms with E-state index in [9.17, 15) is 14.4 Å². The van der Waals surface area contributed by atoms with E-state index in [1.807, 2.05) is 20.8 Å². The minimum absolute atomic E-state index is 0.195. The summed E-state index contributed by atoms with van der Waals surface area (Å²) in [5.41, 5.74) is 0. The Balaban J connectivity index is -0.000000111. The average molecular weight is 354 g/mol. The van der Waals surface area contributed by atoms with Gasteiger partial charge in [-0.1, -0.05) is 20.8 Å². The molecular weight excluding hydrogens is 320 g/mol. The lowest BCUT2D eigenvalue weighted by atomic mass is 10.3. The maximum atomic E-state index is 9.60. The number of carboxylic acid groups (broad SMARTS) is 3. The molecule has 24 heavy (non-hydrogen) atoms. The lowest BCUT2D eigenvalue weighted by Crippen LogP contribution is -1.90. The predicted octanol–water partition coefficient (Wildman–Crippen LogP) is 2.36. The molecule has 0 bridgehead atoms. The summed E-state index contributed by atoms with van der Waals surface area (Å²) in [5.74, 6) is -2.13. The van der Waals surface area contributed by atoms with Crippen LogP contribution in [0.5, 0.6) is 0 Å². The molecule has 8 nitrogen and oxygen atoms in total. The molecule has 0 aliphatic heterocycles. The Kier molecular flexibility index (Phi) is 37.0. The summed E-state index contributed by atoms with van der Waals surface area (Å²) in [7, 11) is 0. The molecule has 0 fully saturated rings. The first-order chi connectivity index (χ1) is 11.2. The zero-order chi connectivity index (χ0) is 19.8. The van der Waals surface area contributed by atoms with E-state index in [-0.39, 0.29) is 13.2 Å². The standard InChI is InChI=1S/3C4H8O2.C4H10O2/c3*1-2-3-4(5)6;5-3-1-2-4-6/h3*2-3H2,1H3,(H,5,6);5-6H,1-4H2. The van der Waals surface area contributed by atoms with Crippen molar-refractivity contribution < 1.29 is 39.9 Å². The van der Waals surface area contributed by atoms with Crippen molar-refractivity contribution >= 4 is 17.9 Å². The van der Waals surface area contributed by atoms with Crippen LogP contribution in [0.25, 0.3) is 0 Å². The van der Waals surface area contributed by atoms with Gasteiger partial charge >= 0.3 is 17.9 Å².